The van der Waals surface area contributed by atoms with E-state index in [0.29, 0.717) is 10.8 Å². The smallest absolute Gasteiger partial charge is 0.406 e. The number of hydrogen-bond acceptors (Lipinski definition) is 6. The van der Waals surface area contributed by atoms with Crippen molar-refractivity contribution in [1.82, 2.24) is 4.98 Å². The van der Waals surface area contributed by atoms with Crippen LogP contribution in [-0.2, 0) is 5.75 Å². The first-order chi connectivity index (χ1) is 12.5. The summed E-state index contributed by atoms with van der Waals surface area (Å²) in [6.07, 6.45) is -4.69. The maximum Gasteiger partial charge on any atom is 0.573 e. The summed E-state index contributed by atoms with van der Waals surface area (Å²) in [5.74, 6) is 0.698. The molecule has 4 rings (SSSR count). The first-order valence-electron chi connectivity index (χ1n) is 7.56. The van der Waals surface area contributed by atoms with Gasteiger partial charge >= 0.3 is 6.36 Å². The minimum Gasteiger partial charge on any atom is -0.406 e. The van der Waals surface area contributed by atoms with E-state index in [1.54, 1.807) is 24.1 Å². The van der Waals surface area contributed by atoms with Gasteiger partial charge in [0.15, 0.2) is 5.13 Å². The van der Waals surface area contributed by atoms with Gasteiger partial charge in [0.1, 0.15) is 5.75 Å². The van der Waals surface area contributed by atoms with Crippen LogP contribution in [0.4, 0.5) is 29.7 Å². The van der Waals surface area contributed by atoms with Crippen LogP contribution in [0.1, 0.15) is 5.56 Å². The quantitative estimate of drug-likeness (QED) is 0.529. The molecule has 0 saturated heterocycles. The minimum absolute atomic E-state index is 0.252. The summed E-state index contributed by atoms with van der Waals surface area (Å²) < 4.78 is 43.8. The number of hydrogen-bond donors (Lipinski definition) is 2. The molecule has 0 atom stereocenters. The van der Waals surface area contributed by atoms with E-state index in [1.165, 1.54) is 29.0 Å². The number of thiazole rings is 1. The SMILES string of the molecule is FC(F)(F)Oc1ccc(-c2csc(Nc3ccc4c(c3)NSC4)n2)cc1. The van der Waals surface area contributed by atoms with Crippen molar-refractivity contribution in [3.05, 3.63) is 53.4 Å². The van der Waals surface area contributed by atoms with Gasteiger partial charge in [0.05, 0.1) is 11.4 Å². The fraction of sp³-hybridized carbons (Fsp3) is 0.118. The highest BCUT2D eigenvalue weighted by atomic mass is 32.2. The number of nitrogens with zero attached hydrogens (tertiary/aromatic N) is 1. The van der Waals surface area contributed by atoms with E-state index in [4.69, 9.17) is 0 Å². The highest BCUT2D eigenvalue weighted by molar-refractivity contribution is 8.00. The number of benzene rings is 2. The Bertz CT molecular complexity index is 926. The normalized spacial score (nSPS) is 13.2. The second-order valence-electron chi connectivity index (χ2n) is 5.50. The molecular weight excluding hydrogens is 383 g/mol. The molecule has 0 aliphatic carbocycles. The average molecular weight is 395 g/mol. The molecule has 0 saturated carbocycles. The lowest BCUT2D eigenvalue weighted by Gasteiger charge is -2.08. The number of nitrogens with one attached hydrogen (secondary N) is 2. The van der Waals surface area contributed by atoms with Crippen molar-refractivity contribution in [2.45, 2.75) is 12.1 Å². The zero-order valence-corrected chi connectivity index (χ0v) is 14.8. The van der Waals surface area contributed by atoms with Gasteiger partial charge in [-0.3, -0.25) is 0 Å². The maximum absolute atomic E-state index is 12.2. The summed E-state index contributed by atoms with van der Waals surface area (Å²) in [5, 5.41) is 5.81. The van der Waals surface area contributed by atoms with E-state index in [-0.39, 0.29) is 5.75 Å². The predicted molar refractivity (Wildman–Crippen MR) is 98.9 cm³/mol. The summed E-state index contributed by atoms with van der Waals surface area (Å²) in [5.41, 5.74) is 4.69. The number of aromatic nitrogens is 1. The maximum atomic E-state index is 12.2. The van der Waals surface area contributed by atoms with Crippen LogP contribution in [0, 0.1) is 0 Å². The van der Waals surface area contributed by atoms with Crippen molar-refractivity contribution >= 4 is 39.8 Å². The number of fused-ring (bicyclic) bond motifs is 1. The summed E-state index contributed by atoms with van der Waals surface area (Å²) in [4.78, 5) is 4.49. The molecule has 9 heteroatoms. The lowest BCUT2D eigenvalue weighted by atomic mass is 10.2. The zero-order valence-electron chi connectivity index (χ0n) is 13.1. The summed E-state index contributed by atoms with van der Waals surface area (Å²) in [7, 11) is 0. The second kappa shape index (κ2) is 6.73. The topological polar surface area (TPSA) is 46.2 Å². The third-order valence-electron chi connectivity index (χ3n) is 3.66. The zero-order chi connectivity index (χ0) is 18.1. The highest BCUT2D eigenvalue weighted by Crippen LogP contribution is 2.35. The Hall–Kier alpha value is -2.39. The number of ether oxygens (including phenoxy) is 1. The van der Waals surface area contributed by atoms with Gasteiger partial charge in [-0.25, -0.2) is 4.98 Å². The van der Waals surface area contributed by atoms with Crippen LogP contribution in [0.25, 0.3) is 11.3 Å². The molecule has 0 bridgehead atoms. The van der Waals surface area contributed by atoms with Gasteiger partial charge in [0, 0.05) is 22.4 Å². The Morgan fingerprint density at radius 1 is 1.12 bits per heavy atom. The van der Waals surface area contributed by atoms with Gasteiger partial charge in [-0.15, -0.1) is 24.5 Å². The van der Waals surface area contributed by atoms with E-state index < -0.39 is 6.36 Å². The van der Waals surface area contributed by atoms with Crippen molar-refractivity contribution < 1.29 is 17.9 Å². The van der Waals surface area contributed by atoms with Gasteiger partial charge in [-0.2, -0.15) is 0 Å². The van der Waals surface area contributed by atoms with Crippen LogP contribution >= 0.6 is 23.3 Å². The number of alkyl halides is 3. The van der Waals surface area contributed by atoms with Gasteiger partial charge in [-0.05, 0) is 53.9 Å². The molecule has 3 aromatic rings. The highest BCUT2D eigenvalue weighted by Gasteiger charge is 2.31. The predicted octanol–water partition coefficient (Wildman–Crippen LogP) is 6.03. The van der Waals surface area contributed by atoms with E-state index in [1.807, 2.05) is 17.5 Å². The molecule has 2 heterocycles. The Morgan fingerprint density at radius 2 is 1.92 bits per heavy atom. The third kappa shape index (κ3) is 3.88. The van der Waals surface area contributed by atoms with Gasteiger partial charge in [-0.1, -0.05) is 6.07 Å². The fourth-order valence-electron chi connectivity index (χ4n) is 2.48. The molecule has 0 amide bonds. The standard InChI is InChI=1S/C17H12F3N3OS2/c18-17(19,20)24-13-5-2-10(3-6-13)15-9-25-16(22-15)21-12-4-1-11-8-26-23-14(11)7-12/h1-7,9,23H,8H2,(H,21,22). The van der Waals surface area contributed by atoms with Crippen LogP contribution in [-0.4, -0.2) is 11.3 Å². The van der Waals surface area contributed by atoms with Crippen LogP contribution < -0.4 is 14.8 Å². The van der Waals surface area contributed by atoms with Crippen molar-refractivity contribution in [1.29, 1.82) is 0 Å². The summed E-state index contributed by atoms with van der Waals surface area (Å²) in [6, 6.07) is 11.8. The Kier molecular flexibility index (Phi) is 4.41. The van der Waals surface area contributed by atoms with E-state index in [0.717, 1.165) is 22.7 Å². The first-order valence-corrected chi connectivity index (χ1v) is 9.42. The van der Waals surface area contributed by atoms with Crippen LogP contribution in [0.5, 0.6) is 5.75 Å². The monoisotopic (exact) mass is 395 g/mol. The van der Waals surface area contributed by atoms with Crippen molar-refractivity contribution in [2.75, 3.05) is 10.0 Å². The Balaban J connectivity index is 1.47. The minimum atomic E-state index is -4.69. The molecule has 4 nitrogen and oxygen atoms in total. The van der Waals surface area contributed by atoms with E-state index in [2.05, 4.69) is 25.8 Å². The average Bonchev–Trinajstić information content (AvgIpc) is 3.23. The summed E-state index contributed by atoms with van der Waals surface area (Å²) >= 11 is 3.08. The molecule has 26 heavy (non-hydrogen) atoms. The Labute approximate surface area is 155 Å². The van der Waals surface area contributed by atoms with Crippen LogP contribution in [0.3, 0.4) is 0 Å². The molecule has 0 unspecified atom stereocenters. The first kappa shape index (κ1) is 17.0. The lowest BCUT2D eigenvalue weighted by molar-refractivity contribution is -0.274. The number of anilines is 3. The van der Waals surface area contributed by atoms with Gasteiger partial charge in [0.25, 0.3) is 0 Å². The van der Waals surface area contributed by atoms with Gasteiger partial charge < -0.3 is 14.8 Å². The number of halogens is 3. The molecule has 1 aliphatic heterocycles. The molecule has 1 aromatic heterocycles. The molecule has 0 fully saturated rings. The van der Waals surface area contributed by atoms with Gasteiger partial charge in [0.2, 0.25) is 0 Å². The Morgan fingerprint density at radius 3 is 2.69 bits per heavy atom. The number of rotatable bonds is 4. The second-order valence-corrected chi connectivity index (χ2v) is 7.14. The van der Waals surface area contributed by atoms with E-state index in [9.17, 15) is 13.2 Å². The van der Waals surface area contributed by atoms with Crippen molar-refractivity contribution in [3.8, 4) is 17.0 Å². The molecule has 1 aliphatic rings. The van der Waals surface area contributed by atoms with Crippen molar-refractivity contribution in [2.24, 2.45) is 0 Å². The molecule has 0 radical (unpaired) electrons. The molecular formula is C17H12F3N3OS2. The molecule has 0 spiro atoms. The summed E-state index contributed by atoms with van der Waals surface area (Å²) in [6.45, 7) is 0. The lowest BCUT2D eigenvalue weighted by Crippen LogP contribution is -2.16. The fourth-order valence-corrected chi connectivity index (χ4v) is 4.05. The molecule has 2 N–H and O–H groups in total. The van der Waals surface area contributed by atoms with Crippen LogP contribution in [0.2, 0.25) is 0 Å². The molecule has 2 aromatic carbocycles. The van der Waals surface area contributed by atoms with E-state index >= 15 is 0 Å². The van der Waals surface area contributed by atoms with Crippen molar-refractivity contribution in [3.63, 3.8) is 0 Å². The third-order valence-corrected chi connectivity index (χ3v) is 5.24. The molecule has 134 valence electrons. The van der Waals surface area contributed by atoms with Crippen LogP contribution in [0.15, 0.2) is 47.8 Å². The largest absolute Gasteiger partial charge is 0.573 e.